The molecular formula is C18H23N3O6S. The molecule has 0 bridgehead atoms. The van der Waals surface area contributed by atoms with E-state index in [0.29, 0.717) is 19.5 Å². The van der Waals surface area contributed by atoms with Gasteiger partial charge in [-0.2, -0.15) is 4.31 Å². The van der Waals surface area contributed by atoms with E-state index in [1.54, 1.807) is 4.90 Å². The van der Waals surface area contributed by atoms with Gasteiger partial charge in [0.2, 0.25) is 15.9 Å². The van der Waals surface area contributed by atoms with Crippen LogP contribution in [0.25, 0.3) is 0 Å². The topological polar surface area (TPSA) is 110 Å². The van der Waals surface area contributed by atoms with Gasteiger partial charge in [0.15, 0.2) is 5.75 Å². The minimum Gasteiger partial charge on any atom is -0.490 e. The van der Waals surface area contributed by atoms with Gasteiger partial charge in [0, 0.05) is 38.7 Å². The summed E-state index contributed by atoms with van der Waals surface area (Å²) >= 11 is 0. The highest BCUT2D eigenvalue weighted by molar-refractivity contribution is 7.89. The number of nitro benzene ring substituents is 1. The fraction of sp³-hybridized carbons (Fsp3) is 0.500. The number of nitrogens with zero attached hydrogens (tertiary/aromatic N) is 3. The average Bonchev–Trinajstić information content (AvgIpc) is 3.20. The Balaban J connectivity index is 1.67. The second-order valence-corrected chi connectivity index (χ2v) is 8.78. The van der Waals surface area contributed by atoms with Crippen molar-refractivity contribution in [3.05, 3.63) is 40.5 Å². The molecule has 1 fully saturated rings. The summed E-state index contributed by atoms with van der Waals surface area (Å²) in [7, 11) is -2.60. The molecule has 28 heavy (non-hydrogen) atoms. The number of ether oxygens (including phenoxy) is 1. The van der Waals surface area contributed by atoms with Crippen molar-refractivity contribution in [1.29, 1.82) is 0 Å². The fourth-order valence-corrected chi connectivity index (χ4v) is 4.96. The molecule has 1 saturated heterocycles. The van der Waals surface area contributed by atoms with Crippen molar-refractivity contribution >= 4 is 21.6 Å². The Hall–Kier alpha value is -2.46. The lowest BCUT2D eigenvalue weighted by molar-refractivity contribution is -0.386. The van der Waals surface area contributed by atoms with Crippen LogP contribution in [-0.4, -0.2) is 61.7 Å². The Bertz CT molecular complexity index is 891. The summed E-state index contributed by atoms with van der Waals surface area (Å²) in [6, 6.07) is 3.59. The Kier molecular flexibility index (Phi) is 5.99. The lowest BCUT2D eigenvalue weighted by atomic mass is 10.0. The number of carbonyl (C=O) groups is 1. The van der Waals surface area contributed by atoms with Gasteiger partial charge in [0.25, 0.3) is 0 Å². The number of benzene rings is 1. The Morgan fingerprint density at radius 2 is 2.00 bits per heavy atom. The third kappa shape index (κ3) is 4.17. The molecule has 3 rings (SSSR count). The van der Waals surface area contributed by atoms with Crippen molar-refractivity contribution in [2.45, 2.75) is 24.2 Å². The Labute approximate surface area is 163 Å². The lowest BCUT2D eigenvalue weighted by Crippen LogP contribution is -2.50. The maximum atomic E-state index is 12.9. The Morgan fingerprint density at radius 1 is 1.29 bits per heavy atom. The van der Waals surface area contributed by atoms with Gasteiger partial charge in [0.1, 0.15) is 0 Å². The number of piperazine rings is 1. The summed E-state index contributed by atoms with van der Waals surface area (Å²) in [5.41, 5.74) is -0.401. The molecule has 2 aliphatic rings. The zero-order chi connectivity index (χ0) is 20.3. The molecule has 10 heteroatoms. The van der Waals surface area contributed by atoms with Gasteiger partial charge in [0.05, 0.1) is 16.9 Å². The molecule has 1 atom stereocenters. The van der Waals surface area contributed by atoms with Crippen molar-refractivity contribution < 1.29 is 22.9 Å². The predicted molar refractivity (Wildman–Crippen MR) is 101 cm³/mol. The number of rotatable bonds is 6. The van der Waals surface area contributed by atoms with Gasteiger partial charge in [-0.05, 0) is 30.9 Å². The second kappa shape index (κ2) is 8.27. The van der Waals surface area contributed by atoms with Gasteiger partial charge >= 0.3 is 5.69 Å². The molecule has 0 saturated carbocycles. The summed E-state index contributed by atoms with van der Waals surface area (Å²) < 4.78 is 31.9. The summed E-state index contributed by atoms with van der Waals surface area (Å²) in [5.74, 6) is 0.308. The molecule has 0 N–H and O–H groups in total. The van der Waals surface area contributed by atoms with E-state index in [4.69, 9.17) is 4.74 Å². The number of nitro groups is 1. The summed E-state index contributed by atoms with van der Waals surface area (Å²) in [5, 5.41) is 11.2. The van der Waals surface area contributed by atoms with Crippen LogP contribution in [0.2, 0.25) is 0 Å². The standard InChI is InChI=1S/C18H23N3O6S/c1-27-17-7-6-15(13-16(17)21(23)24)28(25,26)20-10-8-19(9-11-20)18(22)12-14-4-2-3-5-14/h2,4,6-7,13-14H,3,5,8-12H2,1H3/t14-/m1/s1. The molecule has 1 aromatic rings. The highest BCUT2D eigenvalue weighted by Gasteiger charge is 2.32. The first kappa shape index (κ1) is 20.3. The third-order valence-electron chi connectivity index (χ3n) is 5.13. The number of hydrogen-bond acceptors (Lipinski definition) is 6. The number of carbonyl (C=O) groups excluding carboxylic acids is 1. The van der Waals surface area contributed by atoms with Gasteiger partial charge in [-0.15, -0.1) is 0 Å². The highest BCUT2D eigenvalue weighted by Crippen LogP contribution is 2.31. The molecule has 152 valence electrons. The smallest absolute Gasteiger partial charge is 0.312 e. The van der Waals surface area contributed by atoms with Crippen LogP contribution in [0.4, 0.5) is 5.69 Å². The van der Waals surface area contributed by atoms with Crippen molar-refractivity contribution in [2.75, 3.05) is 33.3 Å². The number of amides is 1. The zero-order valence-corrected chi connectivity index (χ0v) is 16.4. The van der Waals surface area contributed by atoms with E-state index in [1.807, 2.05) is 0 Å². The first-order chi connectivity index (χ1) is 13.3. The molecule has 0 radical (unpaired) electrons. The third-order valence-corrected chi connectivity index (χ3v) is 7.02. The van der Waals surface area contributed by atoms with Crippen molar-refractivity contribution in [3.63, 3.8) is 0 Å². The molecule has 1 aromatic carbocycles. The van der Waals surface area contributed by atoms with Crippen molar-refractivity contribution in [1.82, 2.24) is 9.21 Å². The minimum atomic E-state index is -3.89. The number of hydrogen-bond donors (Lipinski definition) is 0. The second-order valence-electron chi connectivity index (χ2n) is 6.85. The van der Waals surface area contributed by atoms with Crippen molar-refractivity contribution in [3.8, 4) is 5.75 Å². The maximum Gasteiger partial charge on any atom is 0.312 e. The predicted octanol–water partition coefficient (Wildman–Crippen LogP) is 1.79. The quantitative estimate of drug-likeness (QED) is 0.402. The van der Waals surface area contributed by atoms with Crippen LogP contribution in [0, 0.1) is 16.0 Å². The maximum absolute atomic E-state index is 12.9. The van der Waals surface area contributed by atoms with E-state index in [9.17, 15) is 23.3 Å². The summed E-state index contributed by atoms with van der Waals surface area (Å²) in [4.78, 5) is 24.4. The fourth-order valence-electron chi connectivity index (χ4n) is 3.52. The van der Waals surface area contributed by atoms with Crippen LogP contribution in [-0.2, 0) is 14.8 Å². The SMILES string of the molecule is COc1ccc(S(=O)(=O)N2CCN(C(=O)C[C@@H]3C=CCC3)CC2)cc1[N+](=O)[O-]. The normalized spacial score (nSPS) is 20.3. The molecule has 0 spiro atoms. The first-order valence-corrected chi connectivity index (χ1v) is 10.5. The first-order valence-electron chi connectivity index (χ1n) is 9.10. The summed E-state index contributed by atoms with van der Waals surface area (Å²) in [6.45, 7) is 0.947. The molecular weight excluding hydrogens is 386 g/mol. The van der Waals surface area contributed by atoms with Gasteiger partial charge in [-0.3, -0.25) is 14.9 Å². The van der Waals surface area contributed by atoms with Crippen LogP contribution in [0.1, 0.15) is 19.3 Å². The Morgan fingerprint density at radius 3 is 2.57 bits per heavy atom. The van der Waals surface area contributed by atoms with E-state index in [2.05, 4.69) is 12.2 Å². The van der Waals surface area contributed by atoms with Crippen molar-refractivity contribution in [2.24, 2.45) is 5.92 Å². The minimum absolute atomic E-state index is 0.000304. The largest absolute Gasteiger partial charge is 0.490 e. The highest BCUT2D eigenvalue weighted by atomic mass is 32.2. The van der Waals surface area contributed by atoms with E-state index < -0.39 is 20.6 Å². The molecule has 1 amide bonds. The van der Waals surface area contributed by atoms with Gasteiger partial charge in [-0.25, -0.2) is 8.42 Å². The van der Waals surface area contributed by atoms with E-state index in [1.165, 1.54) is 23.5 Å². The van der Waals surface area contributed by atoms with Gasteiger partial charge < -0.3 is 9.64 Å². The monoisotopic (exact) mass is 409 g/mol. The van der Waals surface area contributed by atoms with Crippen LogP contribution in [0.3, 0.4) is 0 Å². The van der Waals surface area contributed by atoms with Crippen LogP contribution < -0.4 is 4.74 Å². The zero-order valence-electron chi connectivity index (χ0n) is 15.6. The molecule has 1 heterocycles. The number of sulfonamides is 1. The van der Waals surface area contributed by atoms with Crippen LogP contribution in [0.15, 0.2) is 35.2 Å². The van der Waals surface area contributed by atoms with Gasteiger partial charge in [-0.1, -0.05) is 12.2 Å². The van der Waals surface area contributed by atoms with Crippen LogP contribution in [0.5, 0.6) is 5.75 Å². The van der Waals surface area contributed by atoms with E-state index in [0.717, 1.165) is 18.9 Å². The molecule has 0 aromatic heterocycles. The molecule has 9 nitrogen and oxygen atoms in total. The molecule has 1 aliphatic carbocycles. The average molecular weight is 409 g/mol. The molecule has 0 unspecified atom stereocenters. The van der Waals surface area contributed by atoms with Crippen LogP contribution >= 0.6 is 0 Å². The van der Waals surface area contributed by atoms with E-state index in [-0.39, 0.29) is 35.6 Å². The van der Waals surface area contributed by atoms with E-state index >= 15 is 0 Å². The molecule has 1 aliphatic heterocycles. The summed E-state index contributed by atoms with van der Waals surface area (Å²) in [6.07, 6.45) is 6.58. The number of allylic oxidation sites excluding steroid dienone is 2. The number of methoxy groups -OCH3 is 1. The lowest BCUT2D eigenvalue weighted by Gasteiger charge is -2.34.